The van der Waals surface area contributed by atoms with E-state index in [4.69, 9.17) is 4.74 Å². The third-order valence-electron chi connectivity index (χ3n) is 4.00. The number of carbonyl (C=O) groups excluding carboxylic acids is 2. The van der Waals surface area contributed by atoms with E-state index in [0.717, 1.165) is 24.5 Å². The van der Waals surface area contributed by atoms with Crippen LogP contribution in [-0.2, 0) is 11.3 Å². The first kappa shape index (κ1) is 19.4. The van der Waals surface area contributed by atoms with Crippen molar-refractivity contribution in [3.05, 3.63) is 53.7 Å². The van der Waals surface area contributed by atoms with Crippen molar-refractivity contribution in [2.75, 3.05) is 24.6 Å². The van der Waals surface area contributed by atoms with E-state index >= 15 is 0 Å². The smallest absolute Gasteiger partial charge is 0.258 e. The Balaban J connectivity index is 1.81. The number of ether oxygens (including phenoxy) is 1. The predicted molar refractivity (Wildman–Crippen MR) is 102 cm³/mol. The van der Waals surface area contributed by atoms with E-state index in [0.29, 0.717) is 17.9 Å². The van der Waals surface area contributed by atoms with Crippen molar-refractivity contribution in [3.8, 4) is 5.75 Å². The normalized spacial score (nSPS) is 10.3. The summed E-state index contributed by atoms with van der Waals surface area (Å²) in [7, 11) is 0. The van der Waals surface area contributed by atoms with Gasteiger partial charge in [-0.05, 0) is 44.5 Å². The van der Waals surface area contributed by atoms with Gasteiger partial charge >= 0.3 is 0 Å². The molecule has 0 saturated heterocycles. The lowest BCUT2D eigenvalue weighted by Crippen LogP contribution is -2.28. The van der Waals surface area contributed by atoms with Gasteiger partial charge in [-0.25, -0.2) is 4.98 Å². The number of pyridine rings is 1. The summed E-state index contributed by atoms with van der Waals surface area (Å²) < 4.78 is 5.44. The van der Waals surface area contributed by atoms with Gasteiger partial charge in [0.25, 0.3) is 5.91 Å². The average molecular weight is 355 g/mol. The zero-order chi connectivity index (χ0) is 18.9. The Morgan fingerprint density at radius 1 is 1.15 bits per heavy atom. The fourth-order valence-corrected chi connectivity index (χ4v) is 2.46. The van der Waals surface area contributed by atoms with Crippen LogP contribution in [0.15, 0.2) is 42.6 Å². The number of ketones is 1. The fourth-order valence-electron chi connectivity index (χ4n) is 2.46. The summed E-state index contributed by atoms with van der Waals surface area (Å²) in [5, 5.41) is 2.80. The molecule has 138 valence electrons. The van der Waals surface area contributed by atoms with E-state index in [2.05, 4.69) is 29.0 Å². The van der Waals surface area contributed by atoms with Gasteiger partial charge in [0.2, 0.25) is 0 Å². The molecule has 0 fully saturated rings. The number of nitrogens with zero attached hydrogens (tertiary/aromatic N) is 2. The highest BCUT2D eigenvalue weighted by Gasteiger charge is 2.06. The van der Waals surface area contributed by atoms with Crippen LogP contribution in [0, 0.1) is 0 Å². The number of hydrogen-bond donors (Lipinski definition) is 1. The largest absolute Gasteiger partial charge is 0.484 e. The summed E-state index contributed by atoms with van der Waals surface area (Å²) in [6.45, 7) is 7.76. The minimum atomic E-state index is -0.231. The molecule has 0 saturated carbocycles. The molecule has 1 N–H and O–H groups in total. The van der Waals surface area contributed by atoms with Crippen molar-refractivity contribution >= 4 is 17.5 Å². The lowest BCUT2D eigenvalue weighted by molar-refractivity contribution is -0.123. The monoisotopic (exact) mass is 355 g/mol. The van der Waals surface area contributed by atoms with E-state index < -0.39 is 0 Å². The standard InChI is InChI=1S/C20H25N3O3/c1-4-23(5-2)19-10-9-16(12-21-19)13-22-20(25)14-26-18-8-6-7-17(11-18)15(3)24/h6-12H,4-5,13-14H2,1-3H3,(H,22,25). The molecule has 1 aromatic carbocycles. The highest BCUT2D eigenvalue weighted by molar-refractivity contribution is 5.94. The SMILES string of the molecule is CCN(CC)c1ccc(CNC(=O)COc2cccc(C(C)=O)c2)cn1. The van der Waals surface area contributed by atoms with Gasteiger partial charge in [0, 0.05) is 31.4 Å². The molecule has 0 aliphatic rings. The van der Waals surface area contributed by atoms with Crippen molar-refractivity contribution in [1.82, 2.24) is 10.3 Å². The summed E-state index contributed by atoms with van der Waals surface area (Å²) >= 11 is 0. The molecule has 0 aliphatic heterocycles. The summed E-state index contributed by atoms with van der Waals surface area (Å²) in [5.41, 5.74) is 1.48. The Hall–Kier alpha value is -2.89. The zero-order valence-corrected chi connectivity index (χ0v) is 15.5. The second-order valence-electron chi connectivity index (χ2n) is 5.85. The number of aromatic nitrogens is 1. The van der Waals surface area contributed by atoms with Crippen LogP contribution >= 0.6 is 0 Å². The maximum atomic E-state index is 11.9. The molecule has 6 nitrogen and oxygen atoms in total. The number of amides is 1. The van der Waals surface area contributed by atoms with Gasteiger partial charge in [0.15, 0.2) is 12.4 Å². The van der Waals surface area contributed by atoms with Crippen molar-refractivity contribution < 1.29 is 14.3 Å². The predicted octanol–water partition coefficient (Wildman–Crippen LogP) is 2.83. The first-order valence-electron chi connectivity index (χ1n) is 8.73. The Labute approximate surface area is 154 Å². The van der Waals surface area contributed by atoms with E-state index in [9.17, 15) is 9.59 Å². The molecule has 0 aliphatic carbocycles. The van der Waals surface area contributed by atoms with Gasteiger partial charge in [-0.2, -0.15) is 0 Å². The van der Waals surface area contributed by atoms with E-state index in [1.54, 1.807) is 30.5 Å². The Morgan fingerprint density at radius 2 is 1.92 bits per heavy atom. The fraction of sp³-hybridized carbons (Fsp3) is 0.350. The number of carbonyl (C=O) groups is 2. The molecule has 0 radical (unpaired) electrons. The molecule has 2 aromatic rings. The lowest BCUT2D eigenvalue weighted by atomic mass is 10.1. The maximum Gasteiger partial charge on any atom is 0.258 e. The molecule has 26 heavy (non-hydrogen) atoms. The lowest BCUT2D eigenvalue weighted by Gasteiger charge is -2.19. The van der Waals surface area contributed by atoms with Crippen LogP contribution in [0.2, 0.25) is 0 Å². The van der Waals surface area contributed by atoms with Crippen molar-refractivity contribution in [2.45, 2.75) is 27.3 Å². The second-order valence-corrected chi connectivity index (χ2v) is 5.85. The van der Waals surface area contributed by atoms with E-state index in [-0.39, 0.29) is 18.3 Å². The van der Waals surface area contributed by atoms with Gasteiger partial charge in [0.1, 0.15) is 11.6 Å². The molecule has 2 rings (SSSR count). The molecule has 0 bridgehead atoms. The highest BCUT2D eigenvalue weighted by atomic mass is 16.5. The number of anilines is 1. The molecule has 0 unspecified atom stereocenters. The maximum absolute atomic E-state index is 11.9. The highest BCUT2D eigenvalue weighted by Crippen LogP contribution is 2.14. The number of benzene rings is 1. The third kappa shape index (κ3) is 5.58. The topological polar surface area (TPSA) is 71.5 Å². The molecule has 1 aromatic heterocycles. The molecule has 0 atom stereocenters. The molecular formula is C20H25N3O3. The van der Waals surface area contributed by atoms with Crippen LogP contribution in [-0.4, -0.2) is 36.4 Å². The first-order valence-corrected chi connectivity index (χ1v) is 8.73. The summed E-state index contributed by atoms with van der Waals surface area (Å²) in [6.07, 6.45) is 1.77. The van der Waals surface area contributed by atoms with Crippen LogP contribution in [0.25, 0.3) is 0 Å². The number of hydrogen-bond acceptors (Lipinski definition) is 5. The van der Waals surface area contributed by atoms with Gasteiger partial charge in [0.05, 0.1) is 0 Å². The van der Waals surface area contributed by atoms with Crippen LogP contribution < -0.4 is 15.0 Å². The molecule has 1 heterocycles. The third-order valence-corrected chi connectivity index (χ3v) is 4.00. The van der Waals surface area contributed by atoms with Crippen molar-refractivity contribution in [2.24, 2.45) is 0 Å². The van der Waals surface area contributed by atoms with Gasteiger partial charge in [-0.15, -0.1) is 0 Å². The second kappa shape index (κ2) is 9.56. The molecule has 0 spiro atoms. The first-order chi connectivity index (χ1) is 12.5. The molecular weight excluding hydrogens is 330 g/mol. The summed E-state index contributed by atoms with van der Waals surface area (Å²) in [6, 6.07) is 10.7. The van der Waals surface area contributed by atoms with Gasteiger partial charge < -0.3 is 15.0 Å². The van der Waals surface area contributed by atoms with E-state index in [1.165, 1.54) is 6.92 Å². The van der Waals surface area contributed by atoms with Crippen LogP contribution in [0.3, 0.4) is 0 Å². The van der Waals surface area contributed by atoms with E-state index in [1.807, 2.05) is 12.1 Å². The number of Topliss-reactive ketones (excluding diaryl/α,β-unsaturated/α-hetero) is 1. The minimum Gasteiger partial charge on any atom is -0.484 e. The molecule has 1 amide bonds. The van der Waals surface area contributed by atoms with Gasteiger partial charge in [-0.3, -0.25) is 9.59 Å². The number of nitrogens with one attached hydrogen (secondary N) is 1. The summed E-state index contributed by atoms with van der Waals surface area (Å²) in [5.74, 6) is 1.16. The summed E-state index contributed by atoms with van der Waals surface area (Å²) in [4.78, 5) is 29.9. The van der Waals surface area contributed by atoms with Crippen LogP contribution in [0.5, 0.6) is 5.75 Å². The Kier molecular flexibility index (Phi) is 7.14. The average Bonchev–Trinajstić information content (AvgIpc) is 2.67. The van der Waals surface area contributed by atoms with Crippen LogP contribution in [0.4, 0.5) is 5.82 Å². The minimum absolute atomic E-state index is 0.0411. The quantitative estimate of drug-likeness (QED) is 0.700. The van der Waals surface area contributed by atoms with Crippen molar-refractivity contribution in [3.63, 3.8) is 0 Å². The Morgan fingerprint density at radius 3 is 2.54 bits per heavy atom. The number of rotatable bonds is 9. The Bertz CT molecular complexity index is 740. The zero-order valence-electron chi connectivity index (χ0n) is 15.5. The molecule has 6 heteroatoms. The van der Waals surface area contributed by atoms with Crippen LogP contribution in [0.1, 0.15) is 36.7 Å². The van der Waals surface area contributed by atoms with Gasteiger partial charge in [-0.1, -0.05) is 18.2 Å². The van der Waals surface area contributed by atoms with Crippen molar-refractivity contribution in [1.29, 1.82) is 0 Å².